The average Bonchev–Trinajstić information content (AvgIpc) is 3.05. The highest BCUT2D eigenvalue weighted by atomic mass is 127. The van der Waals surface area contributed by atoms with Crippen molar-refractivity contribution in [1.82, 2.24) is 10.2 Å². The van der Waals surface area contributed by atoms with Crippen LogP contribution in [0.4, 0.5) is 0 Å². The number of ether oxygens (including phenoxy) is 2. The van der Waals surface area contributed by atoms with Crippen LogP contribution in [0.1, 0.15) is 26.3 Å². The Balaban J connectivity index is 0.00000392. The number of carbonyl (C=O) groups is 1. The highest BCUT2D eigenvalue weighted by Crippen LogP contribution is 2.24. The number of methoxy groups -OCH3 is 1. The largest absolute Gasteiger partial charge is 0.493 e. The van der Waals surface area contributed by atoms with Crippen LogP contribution in [-0.2, 0) is 16.0 Å². The molecule has 1 aliphatic rings. The maximum absolute atomic E-state index is 11.9. The molecule has 0 bridgehead atoms. The predicted octanol–water partition coefficient (Wildman–Crippen LogP) is 3.20. The molecule has 1 saturated heterocycles. The third-order valence-electron chi connectivity index (χ3n) is 4.83. The van der Waals surface area contributed by atoms with Gasteiger partial charge in [-0.2, -0.15) is 0 Å². The van der Waals surface area contributed by atoms with Crippen LogP contribution in [0.3, 0.4) is 0 Å². The van der Waals surface area contributed by atoms with Crippen molar-refractivity contribution in [2.75, 3.05) is 40.4 Å². The molecule has 2 rings (SSSR count). The van der Waals surface area contributed by atoms with Gasteiger partial charge >= 0.3 is 5.97 Å². The second kappa shape index (κ2) is 12.1. The highest BCUT2D eigenvalue weighted by molar-refractivity contribution is 14.0. The van der Waals surface area contributed by atoms with Crippen LogP contribution in [0.5, 0.6) is 5.75 Å². The van der Waals surface area contributed by atoms with Crippen LogP contribution in [0.15, 0.2) is 29.3 Å². The zero-order valence-corrected chi connectivity index (χ0v) is 19.9. The Morgan fingerprint density at radius 2 is 1.96 bits per heavy atom. The van der Waals surface area contributed by atoms with E-state index in [4.69, 9.17) is 9.47 Å². The van der Waals surface area contributed by atoms with Gasteiger partial charge in [-0.05, 0) is 36.0 Å². The average molecular weight is 503 g/mol. The highest BCUT2D eigenvalue weighted by Gasteiger charge is 2.36. The number of esters is 1. The molecule has 2 atom stereocenters. The number of hydrogen-bond acceptors (Lipinski definition) is 4. The standard InChI is InChI=1S/C21H33N3O3.HI/c1-15(2)14-27-18-8-6-17(7-9-18)10-11-23-21(22-4)24-12-16(3)19(13-24)20(25)26-5;/h6-9,15-16,19H,10-14H2,1-5H3,(H,22,23);1H. The first-order valence-electron chi connectivity index (χ1n) is 9.69. The molecule has 1 aliphatic heterocycles. The molecule has 0 amide bonds. The first-order chi connectivity index (χ1) is 12.9. The van der Waals surface area contributed by atoms with Crippen molar-refractivity contribution >= 4 is 35.9 Å². The van der Waals surface area contributed by atoms with E-state index in [1.54, 1.807) is 7.05 Å². The molecule has 7 heteroatoms. The number of halogens is 1. The summed E-state index contributed by atoms with van der Waals surface area (Å²) in [4.78, 5) is 18.4. The second-order valence-corrected chi connectivity index (χ2v) is 7.58. The summed E-state index contributed by atoms with van der Waals surface area (Å²) in [5, 5.41) is 3.41. The summed E-state index contributed by atoms with van der Waals surface area (Å²) in [5.41, 5.74) is 1.25. The predicted molar refractivity (Wildman–Crippen MR) is 123 cm³/mol. The number of guanidine groups is 1. The van der Waals surface area contributed by atoms with Crippen LogP contribution in [0.25, 0.3) is 0 Å². The molecule has 0 spiro atoms. The Morgan fingerprint density at radius 1 is 1.29 bits per heavy atom. The van der Waals surface area contributed by atoms with Gasteiger partial charge in [0.15, 0.2) is 5.96 Å². The molecule has 1 N–H and O–H groups in total. The van der Waals surface area contributed by atoms with Gasteiger partial charge in [0.2, 0.25) is 0 Å². The lowest BCUT2D eigenvalue weighted by molar-refractivity contribution is -0.145. The Morgan fingerprint density at radius 3 is 2.54 bits per heavy atom. The molecule has 0 radical (unpaired) electrons. The maximum Gasteiger partial charge on any atom is 0.310 e. The first-order valence-corrected chi connectivity index (χ1v) is 9.69. The number of benzene rings is 1. The summed E-state index contributed by atoms with van der Waals surface area (Å²) in [6.45, 7) is 9.34. The zero-order chi connectivity index (χ0) is 19.8. The summed E-state index contributed by atoms with van der Waals surface area (Å²) in [6.07, 6.45) is 0.896. The number of likely N-dealkylation sites (tertiary alicyclic amines) is 1. The minimum atomic E-state index is -0.139. The number of aliphatic imine (C=N–C) groups is 1. The third kappa shape index (κ3) is 7.14. The van der Waals surface area contributed by atoms with Crippen molar-refractivity contribution in [3.63, 3.8) is 0 Å². The molecule has 0 aromatic heterocycles. The smallest absolute Gasteiger partial charge is 0.310 e. The van der Waals surface area contributed by atoms with Crippen molar-refractivity contribution < 1.29 is 14.3 Å². The van der Waals surface area contributed by atoms with E-state index in [9.17, 15) is 4.79 Å². The lowest BCUT2D eigenvalue weighted by Gasteiger charge is -2.21. The van der Waals surface area contributed by atoms with Crippen molar-refractivity contribution in [2.24, 2.45) is 22.7 Å². The molecule has 0 aliphatic carbocycles. The normalized spacial score (nSPS) is 19.4. The van der Waals surface area contributed by atoms with Crippen LogP contribution in [0, 0.1) is 17.8 Å². The lowest BCUT2D eigenvalue weighted by Crippen LogP contribution is -2.41. The van der Waals surface area contributed by atoms with E-state index in [-0.39, 0.29) is 41.8 Å². The summed E-state index contributed by atoms with van der Waals surface area (Å²) in [7, 11) is 3.23. The van der Waals surface area contributed by atoms with Crippen LogP contribution >= 0.6 is 24.0 Å². The number of hydrogen-bond donors (Lipinski definition) is 1. The first kappa shape index (κ1) is 24.5. The number of nitrogens with one attached hydrogen (secondary N) is 1. The molecule has 2 unspecified atom stereocenters. The quantitative estimate of drug-likeness (QED) is 0.268. The Kier molecular flexibility index (Phi) is 10.6. The fourth-order valence-electron chi connectivity index (χ4n) is 3.26. The fraction of sp³-hybridized carbons (Fsp3) is 0.619. The molecule has 158 valence electrons. The molecule has 1 heterocycles. The van der Waals surface area contributed by atoms with E-state index in [0.717, 1.165) is 37.8 Å². The topological polar surface area (TPSA) is 63.2 Å². The molecule has 6 nitrogen and oxygen atoms in total. The molecular weight excluding hydrogens is 469 g/mol. The van der Waals surface area contributed by atoms with Crippen LogP contribution in [-0.4, -0.2) is 57.2 Å². The summed E-state index contributed by atoms with van der Waals surface area (Å²) >= 11 is 0. The van der Waals surface area contributed by atoms with Crippen LogP contribution < -0.4 is 10.1 Å². The minimum absolute atomic E-state index is 0. The zero-order valence-electron chi connectivity index (χ0n) is 17.6. The molecule has 1 fully saturated rings. The number of nitrogens with zero attached hydrogens (tertiary/aromatic N) is 2. The molecule has 1 aromatic rings. The van der Waals surface area contributed by atoms with E-state index in [0.29, 0.717) is 12.5 Å². The van der Waals surface area contributed by atoms with Crippen molar-refractivity contribution in [3.8, 4) is 5.75 Å². The van der Waals surface area contributed by atoms with Gasteiger partial charge in [0.25, 0.3) is 0 Å². The van der Waals surface area contributed by atoms with Crippen molar-refractivity contribution in [3.05, 3.63) is 29.8 Å². The van der Waals surface area contributed by atoms with Gasteiger partial charge in [-0.3, -0.25) is 9.79 Å². The Bertz CT molecular complexity index is 634. The Hall–Kier alpha value is -1.51. The third-order valence-corrected chi connectivity index (χ3v) is 4.83. The maximum atomic E-state index is 11.9. The summed E-state index contributed by atoms with van der Waals surface area (Å²) < 4.78 is 10.6. The molecule has 1 aromatic carbocycles. The van der Waals surface area contributed by atoms with Gasteiger partial charge in [-0.1, -0.05) is 32.9 Å². The van der Waals surface area contributed by atoms with Gasteiger partial charge in [0, 0.05) is 26.7 Å². The lowest BCUT2D eigenvalue weighted by atomic mass is 9.99. The van der Waals surface area contributed by atoms with Gasteiger partial charge < -0.3 is 19.7 Å². The van der Waals surface area contributed by atoms with Gasteiger partial charge in [0.05, 0.1) is 19.6 Å². The van der Waals surface area contributed by atoms with E-state index in [1.807, 2.05) is 12.1 Å². The Labute approximate surface area is 186 Å². The SMILES string of the molecule is CN=C(NCCc1ccc(OCC(C)C)cc1)N1CC(C)C(C(=O)OC)C1.I. The fourth-order valence-corrected chi connectivity index (χ4v) is 3.26. The van der Waals surface area contributed by atoms with E-state index < -0.39 is 0 Å². The van der Waals surface area contributed by atoms with Crippen molar-refractivity contribution in [2.45, 2.75) is 27.2 Å². The van der Waals surface area contributed by atoms with Crippen molar-refractivity contribution in [1.29, 1.82) is 0 Å². The number of carbonyl (C=O) groups excluding carboxylic acids is 1. The van der Waals surface area contributed by atoms with Gasteiger partial charge in [-0.15, -0.1) is 24.0 Å². The summed E-state index contributed by atoms with van der Waals surface area (Å²) in [6, 6.07) is 8.25. The second-order valence-electron chi connectivity index (χ2n) is 7.58. The van der Waals surface area contributed by atoms with E-state index in [2.05, 4.69) is 48.1 Å². The number of rotatable bonds is 7. The molecular formula is C21H34IN3O3. The van der Waals surface area contributed by atoms with Crippen LogP contribution in [0.2, 0.25) is 0 Å². The van der Waals surface area contributed by atoms with E-state index in [1.165, 1.54) is 12.7 Å². The van der Waals surface area contributed by atoms with Gasteiger partial charge in [-0.25, -0.2) is 0 Å². The minimum Gasteiger partial charge on any atom is -0.493 e. The molecule has 28 heavy (non-hydrogen) atoms. The van der Waals surface area contributed by atoms with Gasteiger partial charge in [0.1, 0.15) is 5.75 Å². The monoisotopic (exact) mass is 503 g/mol. The summed E-state index contributed by atoms with van der Waals surface area (Å²) in [5.74, 6) is 2.30. The molecule has 0 saturated carbocycles. The van der Waals surface area contributed by atoms with E-state index >= 15 is 0 Å².